The molecule has 2 aromatic heterocycles. The Morgan fingerprint density at radius 3 is 3.04 bits per heavy atom. The fourth-order valence-corrected chi connectivity index (χ4v) is 4.72. The minimum Gasteiger partial charge on any atom is -0.379 e. The SMILES string of the molecule is CC[C@H](C)N=C(N)SCc1nc2sc3c(c2c(=O)[nH]1)CCCC3. The maximum absolute atomic E-state index is 12.4. The molecule has 0 aliphatic heterocycles. The van der Waals surface area contributed by atoms with Gasteiger partial charge in [-0.25, -0.2) is 4.98 Å². The number of aryl methyl sites for hydroxylation is 2. The number of nitrogens with zero attached hydrogens (tertiary/aromatic N) is 2. The van der Waals surface area contributed by atoms with Gasteiger partial charge in [-0.3, -0.25) is 9.79 Å². The van der Waals surface area contributed by atoms with Gasteiger partial charge in [-0.2, -0.15) is 0 Å². The lowest BCUT2D eigenvalue weighted by Gasteiger charge is -2.09. The average molecular weight is 351 g/mol. The lowest BCUT2D eigenvalue weighted by atomic mass is 9.97. The molecule has 0 amide bonds. The van der Waals surface area contributed by atoms with E-state index < -0.39 is 0 Å². The molecule has 5 nitrogen and oxygen atoms in total. The van der Waals surface area contributed by atoms with Gasteiger partial charge in [0, 0.05) is 10.9 Å². The second-order valence-corrected chi connectivity index (χ2v) is 8.00. The van der Waals surface area contributed by atoms with Gasteiger partial charge in [0.25, 0.3) is 5.56 Å². The molecule has 0 unspecified atom stereocenters. The third-order valence-corrected chi connectivity index (χ3v) is 6.17. The highest BCUT2D eigenvalue weighted by molar-refractivity contribution is 8.13. The minimum absolute atomic E-state index is 0.0116. The maximum Gasteiger partial charge on any atom is 0.259 e. The van der Waals surface area contributed by atoms with Gasteiger partial charge in [0.05, 0.1) is 11.1 Å². The lowest BCUT2D eigenvalue weighted by Crippen LogP contribution is -2.15. The summed E-state index contributed by atoms with van der Waals surface area (Å²) in [6.45, 7) is 4.12. The Morgan fingerprint density at radius 1 is 1.48 bits per heavy atom. The summed E-state index contributed by atoms with van der Waals surface area (Å²) in [5.41, 5.74) is 7.14. The lowest BCUT2D eigenvalue weighted by molar-refractivity contribution is 0.700. The Bertz CT molecular complexity index is 793. The number of nitrogens with two attached hydrogens (primary N) is 1. The van der Waals surface area contributed by atoms with E-state index in [2.05, 4.69) is 21.9 Å². The summed E-state index contributed by atoms with van der Waals surface area (Å²) in [6.07, 6.45) is 5.42. The van der Waals surface area contributed by atoms with Crippen LogP contribution in [0.1, 0.15) is 49.4 Å². The number of aliphatic imine (C=N–C) groups is 1. The zero-order valence-electron chi connectivity index (χ0n) is 13.5. The van der Waals surface area contributed by atoms with Crippen molar-refractivity contribution < 1.29 is 0 Å². The van der Waals surface area contributed by atoms with Crippen LogP contribution in [0, 0.1) is 0 Å². The zero-order chi connectivity index (χ0) is 16.4. The van der Waals surface area contributed by atoms with Crippen LogP contribution >= 0.6 is 23.1 Å². The van der Waals surface area contributed by atoms with Crippen LogP contribution in [0.3, 0.4) is 0 Å². The molecule has 0 saturated carbocycles. The maximum atomic E-state index is 12.4. The predicted octanol–water partition coefficient (Wildman–Crippen LogP) is 3.21. The van der Waals surface area contributed by atoms with Gasteiger partial charge in [0.15, 0.2) is 5.17 Å². The van der Waals surface area contributed by atoms with Gasteiger partial charge < -0.3 is 10.7 Å². The van der Waals surface area contributed by atoms with E-state index in [9.17, 15) is 4.79 Å². The molecular weight excluding hydrogens is 328 g/mol. The molecule has 1 atom stereocenters. The number of aromatic amines is 1. The van der Waals surface area contributed by atoms with Crippen LogP contribution in [-0.2, 0) is 18.6 Å². The van der Waals surface area contributed by atoms with Gasteiger partial charge in [-0.1, -0.05) is 18.7 Å². The number of H-pyrrole nitrogens is 1. The summed E-state index contributed by atoms with van der Waals surface area (Å²) in [5.74, 6) is 1.22. The number of rotatable bonds is 4. The monoisotopic (exact) mass is 350 g/mol. The Balaban J connectivity index is 1.83. The molecule has 0 radical (unpaired) electrons. The third-order valence-electron chi connectivity index (χ3n) is 4.17. The number of aromatic nitrogens is 2. The van der Waals surface area contributed by atoms with Crippen molar-refractivity contribution in [3.63, 3.8) is 0 Å². The van der Waals surface area contributed by atoms with Crippen molar-refractivity contribution in [3.05, 3.63) is 26.6 Å². The molecule has 7 heteroatoms. The predicted molar refractivity (Wildman–Crippen MR) is 99.6 cm³/mol. The first-order valence-electron chi connectivity index (χ1n) is 8.08. The van der Waals surface area contributed by atoms with Crippen molar-refractivity contribution in [2.45, 2.75) is 57.7 Å². The van der Waals surface area contributed by atoms with Crippen molar-refractivity contribution >= 4 is 38.5 Å². The fraction of sp³-hybridized carbons (Fsp3) is 0.562. The zero-order valence-corrected chi connectivity index (χ0v) is 15.1. The van der Waals surface area contributed by atoms with E-state index in [1.165, 1.54) is 35.0 Å². The van der Waals surface area contributed by atoms with Crippen molar-refractivity contribution in [1.29, 1.82) is 0 Å². The van der Waals surface area contributed by atoms with E-state index >= 15 is 0 Å². The van der Waals surface area contributed by atoms with Gasteiger partial charge in [-0.05, 0) is 44.6 Å². The highest BCUT2D eigenvalue weighted by Gasteiger charge is 2.19. The fourth-order valence-electron chi connectivity index (χ4n) is 2.76. The number of hydrogen-bond donors (Lipinski definition) is 2. The summed E-state index contributed by atoms with van der Waals surface area (Å²) in [5, 5.41) is 1.35. The summed E-state index contributed by atoms with van der Waals surface area (Å²) in [4.78, 5) is 26.6. The standard InChI is InChI=1S/C16H22N4OS2/c1-3-9(2)18-16(17)22-8-12-19-14(21)13-10-6-4-5-7-11(10)23-15(13)20-12/h9H,3-8H2,1-2H3,(H2,17,18)(H,19,20,21)/t9-/m0/s1. The molecule has 0 fully saturated rings. The first kappa shape index (κ1) is 16.5. The van der Waals surface area contributed by atoms with Crippen LogP contribution in [0.4, 0.5) is 0 Å². The second-order valence-electron chi connectivity index (χ2n) is 5.92. The van der Waals surface area contributed by atoms with Crippen LogP contribution in [0.25, 0.3) is 10.2 Å². The summed E-state index contributed by atoms with van der Waals surface area (Å²) >= 11 is 3.10. The Kier molecular flexibility index (Phi) is 5.06. The highest BCUT2D eigenvalue weighted by Crippen LogP contribution is 2.33. The van der Waals surface area contributed by atoms with E-state index in [0.29, 0.717) is 16.7 Å². The molecule has 0 saturated heterocycles. The molecule has 3 N–H and O–H groups in total. The van der Waals surface area contributed by atoms with Crippen molar-refractivity contribution in [2.24, 2.45) is 10.7 Å². The first-order chi connectivity index (χ1) is 11.1. The van der Waals surface area contributed by atoms with E-state index in [1.807, 2.05) is 6.92 Å². The van der Waals surface area contributed by atoms with Gasteiger partial charge >= 0.3 is 0 Å². The van der Waals surface area contributed by atoms with Crippen molar-refractivity contribution in [1.82, 2.24) is 9.97 Å². The molecule has 23 heavy (non-hydrogen) atoms. The van der Waals surface area contributed by atoms with Crippen LogP contribution in [0.15, 0.2) is 9.79 Å². The van der Waals surface area contributed by atoms with E-state index in [0.717, 1.165) is 29.5 Å². The number of thioether (sulfide) groups is 1. The topological polar surface area (TPSA) is 84.1 Å². The van der Waals surface area contributed by atoms with Crippen LogP contribution in [-0.4, -0.2) is 21.2 Å². The van der Waals surface area contributed by atoms with Gasteiger partial charge in [-0.15, -0.1) is 11.3 Å². The molecular formula is C16H22N4OS2. The van der Waals surface area contributed by atoms with Crippen LogP contribution < -0.4 is 11.3 Å². The molecule has 1 aliphatic carbocycles. The molecule has 124 valence electrons. The summed E-state index contributed by atoms with van der Waals surface area (Å²) in [6, 6.07) is 0.223. The highest BCUT2D eigenvalue weighted by atomic mass is 32.2. The Hall–Kier alpha value is -1.34. The minimum atomic E-state index is -0.0116. The molecule has 3 rings (SSSR count). The Labute approximate surface area is 143 Å². The summed E-state index contributed by atoms with van der Waals surface area (Å²) < 4.78 is 0. The average Bonchev–Trinajstić information content (AvgIpc) is 2.91. The number of hydrogen-bond acceptors (Lipinski definition) is 5. The number of nitrogens with one attached hydrogen (secondary N) is 1. The van der Waals surface area contributed by atoms with Crippen LogP contribution in [0.5, 0.6) is 0 Å². The van der Waals surface area contributed by atoms with Gasteiger partial charge in [0.2, 0.25) is 0 Å². The van der Waals surface area contributed by atoms with E-state index in [1.54, 1.807) is 11.3 Å². The molecule has 2 aromatic rings. The quantitative estimate of drug-likeness (QED) is 0.655. The molecule has 2 heterocycles. The number of fused-ring (bicyclic) bond motifs is 3. The van der Waals surface area contributed by atoms with Crippen molar-refractivity contribution in [3.8, 4) is 0 Å². The van der Waals surface area contributed by atoms with E-state index in [-0.39, 0.29) is 11.6 Å². The largest absolute Gasteiger partial charge is 0.379 e. The smallest absolute Gasteiger partial charge is 0.259 e. The molecule has 0 spiro atoms. The van der Waals surface area contributed by atoms with Crippen molar-refractivity contribution in [2.75, 3.05) is 0 Å². The molecule has 0 aromatic carbocycles. The normalized spacial score (nSPS) is 16.5. The second kappa shape index (κ2) is 7.05. The first-order valence-corrected chi connectivity index (χ1v) is 9.88. The molecule has 0 bridgehead atoms. The Morgan fingerprint density at radius 2 is 2.26 bits per heavy atom. The number of amidine groups is 1. The van der Waals surface area contributed by atoms with Gasteiger partial charge in [0.1, 0.15) is 10.7 Å². The number of thiophene rings is 1. The van der Waals surface area contributed by atoms with E-state index in [4.69, 9.17) is 5.73 Å². The third kappa shape index (κ3) is 3.61. The summed E-state index contributed by atoms with van der Waals surface area (Å²) in [7, 11) is 0. The van der Waals surface area contributed by atoms with Crippen LogP contribution in [0.2, 0.25) is 0 Å². The molecule has 1 aliphatic rings.